The Bertz CT molecular complexity index is 438. The molecule has 1 saturated carbocycles. The van der Waals surface area contributed by atoms with E-state index in [0.29, 0.717) is 41.9 Å². The molecule has 124 valence electrons. The second-order valence-corrected chi connectivity index (χ2v) is 8.05. The van der Waals surface area contributed by atoms with Gasteiger partial charge in [-0.25, -0.2) is 0 Å². The summed E-state index contributed by atoms with van der Waals surface area (Å²) in [6.45, 7) is 7.07. The van der Waals surface area contributed by atoms with Crippen molar-refractivity contribution in [2.75, 3.05) is 19.8 Å². The summed E-state index contributed by atoms with van der Waals surface area (Å²) in [6, 6.07) is 2.01. The molecular weight excluding hydrogens is 278 g/mol. The molecule has 22 heavy (non-hydrogen) atoms. The molecule has 4 saturated heterocycles. The smallest absolute Gasteiger partial charge is 0.241 e. The Morgan fingerprint density at radius 3 is 2.77 bits per heavy atom. The Balaban J connectivity index is 1.39. The third kappa shape index (κ3) is 2.79. The number of nitrogens with zero attached hydrogens (tertiary/aromatic N) is 1. The fourth-order valence-corrected chi connectivity index (χ4v) is 4.67. The summed E-state index contributed by atoms with van der Waals surface area (Å²) in [5.74, 6) is 1.61. The van der Waals surface area contributed by atoms with Gasteiger partial charge in [0.2, 0.25) is 5.91 Å². The topological polar surface area (TPSA) is 63.5 Å². The van der Waals surface area contributed by atoms with Gasteiger partial charge >= 0.3 is 0 Å². The lowest BCUT2D eigenvalue weighted by atomic mass is 9.93. The number of rotatable bonds is 4. The second kappa shape index (κ2) is 5.77. The summed E-state index contributed by atoms with van der Waals surface area (Å²) in [7, 11) is 0. The summed E-state index contributed by atoms with van der Waals surface area (Å²) >= 11 is 0. The molecule has 0 aromatic heterocycles. The number of carbonyl (C=O) groups is 1. The summed E-state index contributed by atoms with van der Waals surface area (Å²) in [6.07, 6.45) is 4.85. The zero-order chi connectivity index (χ0) is 15.3. The van der Waals surface area contributed by atoms with Crippen molar-refractivity contribution in [2.45, 2.75) is 69.7 Å². The largest absolute Gasteiger partial charge is 0.381 e. The first-order valence-corrected chi connectivity index (χ1v) is 9.02. The van der Waals surface area contributed by atoms with Crippen molar-refractivity contribution in [3.63, 3.8) is 0 Å². The molecule has 2 bridgehead atoms. The van der Waals surface area contributed by atoms with Crippen molar-refractivity contribution >= 4 is 5.91 Å². The molecule has 5 aliphatic rings. The molecule has 1 amide bonds. The number of piperidine rings is 1. The van der Waals surface area contributed by atoms with Crippen molar-refractivity contribution < 1.29 is 9.53 Å². The minimum atomic E-state index is 0.0738. The second-order valence-electron chi connectivity index (χ2n) is 8.05. The van der Waals surface area contributed by atoms with Gasteiger partial charge in [0.05, 0.1) is 13.2 Å². The van der Waals surface area contributed by atoms with Crippen LogP contribution in [0.3, 0.4) is 0 Å². The first-order valence-electron chi connectivity index (χ1n) is 9.02. The van der Waals surface area contributed by atoms with Crippen LogP contribution < -0.4 is 10.6 Å². The van der Waals surface area contributed by atoms with Crippen LogP contribution in [0.25, 0.3) is 0 Å². The van der Waals surface area contributed by atoms with E-state index in [4.69, 9.17) is 4.74 Å². The van der Waals surface area contributed by atoms with E-state index in [1.54, 1.807) is 0 Å². The van der Waals surface area contributed by atoms with Crippen LogP contribution in [0.5, 0.6) is 0 Å². The predicted molar refractivity (Wildman–Crippen MR) is 84.5 cm³/mol. The minimum Gasteiger partial charge on any atom is -0.381 e. The van der Waals surface area contributed by atoms with Crippen LogP contribution in [0.1, 0.15) is 39.5 Å². The highest BCUT2D eigenvalue weighted by Gasteiger charge is 2.52. The highest BCUT2D eigenvalue weighted by atomic mass is 16.5. The molecule has 1 aliphatic carbocycles. The number of fused-ring (bicyclic) bond motifs is 4. The molecule has 4 aliphatic heterocycles. The highest BCUT2D eigenvalue weighted by molar-refractivity contribution is 5.86. The number of nitrogens with one attached hydrogen (secondary N) is 2. The van der Waals surface area contributed by atoms with E-state index in [-0.39, 0.29) is 6.04 Å². The fraction of sp³-hybridized carbons (Fsp3) is 0.941. The van der Waals surface area contributed by atoms with Crippen molar-refractivity contribution in [1.29, 1.82) is 0 Å². The Hall–Kier alpha value is -0.650. The Kier molecular flexibility index (Phi) is 3.91. The van der Waals surface area contributed by atoms with Gasteiger partial charge in [-0.05, 0) is 31.6 Å². The Labute approximate surface area is 133 Å². The third-order valence-electron chi connectivity index (χ3n) is 5.89. The molecule has 4 heterocycles. The summed E-state index contributed by atoms with van der Waals surface area (Å²) < 4.78 is 5.26. The molecule has 5 nitrogen and oxygen atoms in total. The third-order valence-corrected chi connectivity index (χ3v) is 5.89. The average molecular weight is 307 g/mol. The van der Waals surface area contributed by atoms with E-state index in [9.17, 15) is 4.79 Å². The number of carbonyl (C=O) groups excluding carboxylic acids is 1. The van der Waals surface area contributed by atoms with Gasteiger partial charge in [-0.1, -0.05) is 13.8 Å². The molecule has 5 atom stereocenters. The first kappa shape index (κ1) is 14.9. The molecule has 0 radical (unpaired) electrons. The van der Waals surface area contributed by atoms with Crippen LogP contribution in [-0.2, 0) is 9.53 Å². The fourth-order valence-electron chi connectivity index (χ4n) is 4.67. The van der Waals surface area contributed by atoms with E-state index in [1.165, 1.54) is 19.3 Å². The van der Waals surface area contributed by atoms with Crippen LogP contribution in [0.4, 0.5) is 0 Å². The van der Waals surface area contributed by atoms with Crippen LogP contribution in [0, 0.1) is 11.8 Å². The highest BCUT2D eigenvalue weighted by Crippen LogP contribution is 2.36. The van der Waals surface area contributed by atoms with Gasteiger partial charge in [0.25, 0.3) is 0 Å². The maximum atomic E-state index is 12.9. The molecule has 0 aromatic rings. The molecule has 5 rings (SSSR count). The number of hydrogen-bond donors (Lipinski definition) is 2. The maximum absolute atomic E-state index is 12.9. The van der Waals surface area contributed by atoms with Gasteiger partial charge in [0.15, 0.2) is 0 Å². The SMILES string of the molecule is CC(C)N[C@@H]1CC2CC[C@H](C1)N(C(=O)[C@H]1N[C@@H]1C1COC1)C2. The summed E-state index contributed by atoms with van der Waals surface area (Å²) in [5.41, 5.74) is 0. The standard InChI is InChI=1S/C17H29N3O2/c1-10(2)18-13-5-11-3-4-14(6-13)20(7-11)17(21)16-15(19-16)12-8-22-9-12/h10-16,18-19H,3-9H2,1-2H3/t11?,13-,14-,15-,16+/m1/s1. The van der Waals surface area contributed by atoms with Crippen molar-refractivity contribution in [1.82, 2.24) is 15.5 Å². The van der Waals surface area contributed by atoms with Crippen LogP contribution in [0.15, 0.2) is 0 Å². The minimum absolute atomic E-state index is 0.0738. The summed E-state index contributed by atoms with van der Waals surface area (Å²) in [4.78, 5) is 15.1. The molecule has 0 aromatic carbocycles. The van der Waals surface area contributed by atoms with E-state index < -0.39 is 0 Å². The maximum Gasteiger partial charge on any atom is 0.241 e. The predicted octanol–water partition coefficient (Wildman–Crippen LogP) is 0.741. The van der Waals surface area contributed by atoms with Gasteiger partial charge in [0.1, 0.15) is 6.04 Å². The Morgan fingerprint density at radius 1 is 1.27 bits per heavy atom. The van der Waals surface area contributed by atoms with Crippen molar-refractivity contribution in [3.05, 3.63) is 0 Å². The molecule has 5 fully saturated rings. The van der Waals surface area contributed by atoms with Crippen LogP contribution in [-0.4, -0.2) is 60.8 Å². The zero-order valence-electron chi connectivity index (χ0n) is 13.8. The van der Waals surface area contributed by atoms with Crippen molar-refractivity contribution in [3.8, 4) is 0 Å². The normalized spacial score (nSPS) is 41.4. The Morgan fingerprint density at radius 2 is 2.09 bits per heavy atom. The van der Waals surface area contributed by atoms with Gasteiger partial charge in [0, 0.05) is 36.6 Å². The van der Waals surface area contributed by atoms with E-state index >= 15 is 0 Å². The lowest BCUT2D eigenvalue weighted by molar-refractivity contribution is -0.135. The van der Waals surface area contributed by atoms with Crippen LogP contribution in [0.2, 0.25) is 0 Å². The first-order chi connectivity index (χ1) is 10.6. The van der Waals surface area contributed by atoms with Crippen LogP contribution >= 0.6 is 0 Å². The lowest BCUT2D eigenvalue weighted by Gasteiger charge is -2.37. The molecule has 5 heteroatoms. The van der Waals surface area contributed by atoms with Crippen molar-refractivity contribution in [2.24, 2.45) is 11.8 Å². The number of amides is 1. The van der Waals surface area contributed by atoms with E-state index in [0.717, 1.165) is 26.2 Å². The number of hydrogen-bond acceptors (Lipinski definition) is 4. The quantitative estimate of drug-likeness (QED) is 0.752. The van der Waals surface area contributed by atoms with Gasteiger partial charge in [-0.15, -0.1) is 0 Å². The number of ether oxygens (including phenoxy) is 1. The summed E-state index contributed by atoms with van der Waals surface area (Å²) in [5, 5.41) is 7.11. The van der Waals surface area contributed by atoms with E-state index in [2.05, 4.69) is 29.4 Å². The van der Waals surface area contributed by atoms with Gasteiger partial charge < -0.3 is 15.0 Å². The average Bonchev–Trinajstić information content (AvgIpc) is 3.19. The van der Waals surface area contributed by atoms with Gasteiger partial charge in [-0.3, -0.25) is 10.1 Å². The monoisotopic (exact) mass is 307 g/mol. The molecular formula is C17H29N3O2. The van der Waals surface area contributed by atoms with E-state index in [1.807, 2.05) is 0 Å². The van der Waals surface area contributed by atoms with Gasteiger partial charge in [-0.2, -0.15) is 0 Å². The zero-order valence-corrected chi connectivity index (χ0v) is 13.8. The molecule has 2 N–H and O–H groups in total. The lowest BCUT2D eigenvalue weighted by Crippen LogP contribution is -2.48. The molecule has 0 spiro atoms. The molecule has 1 unspecified atom stereocenters.